The number of nitrogens with two attached hydrogens (primary N) is 2. The van der Waals surface area contributed by atoms with Crippen LogP contribution in [0, 0.1) is 11.3 Å². The third-order valence-corrected chi connectivity index (χ3v) is 2.58. The smallest absolute Gasteiger partial charge is 0.212 e. The van der Waals surface area contributed by atoms with Crippen LogP contribution in [-0.2, 0) is 0 Å². The van der Waals surface area contributed by atoms with Crippen LogP contribution >= 0.6 is 11.3 Å². The van der Waals surface area contributed by atoms with Crippen molar-refractivity contribution in [2.24, 2.45) is 16.5 Å². The van der Waals surface area contributed by atoms with Crippen LogP contribution in [0.1, 0.15) is 5.69 Å². The van der Waals surface area contributed by atoms with Crippen LogP contribution in [0.4, 0.5) is 5.13 Å². The summed E-state index contributed by atoms with van der Waals surface area (Å²) in [5.74, 6) is -0.0374. The van der Waals surface area contributed by atoms with Gasteiger partial charge in [0.25, 0.3) is 0 Å². The van der Waals surface area contributed by atoms with Crippen molar-refractivity contribution < 1.29 is 0 Å². The van der Waals surface area contributed by atoms with Gasteiger partial charge in [0, 0.05) is 5.38 Å². The number of rotatable bonds is 2. The van der Waals surface area contributed by atoms with Gasteiger partial charge in [0.2, 0.25) is 5.13 Å². The first kappa shape index (κ1) is 11.0. The van der Waals surface area contributed by atoms with Crippen molar-refractivity contribution in [3.8, 4) is 17.5 Å². The van der Waals surface area contributed by atoms with E-state index in [2.05, 4.69) is 15.0 Å². The van der Waals surface area contributed by atoms with E-state index < -0.39 is 0 Å². The number of hydrogen-bond donors (Lipinski definition) is 2. The molecule has 6 nitrogen and oxygen atoms in total. The lowest BCUT2D eigenvalue weighted by molar-refractivity contribution is 1.23. The Balaban J connectivity index is 2.37. The monoisotopic (exact) mass is 244 g/mol. The molecule has 2 heterocycles. The molecule has 0 saturated carbocycles. The highest BCUT2D eigenvalue weighted by Gasteiger charge is 2.06. The van der Waals surface area contributed by atoms with Crippen LogP contribution in [-0.4, -0.2) is 15.9 Å². The number of guanidine groups is 1. The van der Waals surface area contributed by atoms with Gasteiger partial charge in [0.1, 0.15) is 17.5 Å². The molecule has 0 bridgehead atoms. The summed E-state index contributed by atoms with van der Waals surface area (Å²) in [6.45, 7) is 0. The van der Waals surface area contributed by atoms with Crippen LogP contribution < -0.4 is 11.5 Å². The molecule has 0 unspecified atom stereocenters. The molecule has 0 amide bonds. The Bertz CT molecular complexity index is 605. The lowest BCUT2D eigenvalue weighted by Crippen LogP contribution is -2.21. The molecule has 0 fully saturated rings. The fraction of sp³-hybridized carbons (Fsp3) is 0. The number of nitriles is 1. The zero-order valence-electron chi connectivity index (χ0n) is 8.66. The summed E-state index contributed by atoms with van der Waals surface area (Å²) in [5.41, 5.74) is 12.1. The van der Waals surface area contributed by atoms with Gasteiger partial charge < -0.3 is 11.5 Å². The predicted octanol–water partition coefficient (Wildman–Crippen LogP) is 0.982. The molecule has 17 heavy (non-hydrogen) atoms. The molecule has 4 N–H and O–H groups in total. The van der Waals surface area contributed by atoms with Gasteiger partial charge in [-0.2, -0.15) is 10.3 Å². The summed E-state index contributed by atoms with van der Waals surface area (Å²) in [6.07, 6.45) is 0. The highest BCUT2D eigenvalue weighted by atomic mass is 32.1. The third-order valence-electron chi connectivity index (χ3n) is 1.84. The van der Waals surface area contributed by atoms with E-state index in [1.54, 1.807) is 23.6 Å². The molecule has 0 spiro atoms. The van der Waals surface area contributed by atoms with Crippen LogP contribution in [0.25, 0.3) is 11.4 Å². The van der Waals surface area contributed by atoms with E-state index in [1.807, 2.05) is 6.07 Å². The Morgan fingerprint density at radius 2 is 2.12 bits per heavy atom. The van der Waals surface area contributed by atoms with E-state index in [0.29, 0.717) is 22.2 Å². The van der Waals surface area contributed by atoms with E-state index in [-0.39, 0.29) is 5.96 Å². The van der Waals surface area contributed by atoms with Gasteiger partial charge in [-0.1, -0.05) is 6.07 Å². The van der Waals surface area contributed by atoms with Gasteiger partial charge >= 0.3 is 0 Å². The average Bonchev–Trinajstić information content (AvgIpc) is 2.77. The molecule has 2 rings (SSSR count). The predicted molar refractivity (Wildman–Crippen MR) is 65.5 cm³/mol. The normalized spacial score (nSPS) is 9.59. The molecule has 0 atom stereocenters. The first-order valence-corrected chi connectivity index (χ1v) is 5.49. The Morgan fingerprint density at radius 3 is 2.82 bits per heavy atom. The van der Waals surface area contributed by atoms with Crippen molar-refractivity contribution in [1.29, 1.82) is 5.26 Å². The lowest BCUT2D eigenvalue weighted by Gasteiger charge is -1.94. The van der Waals surface area contributed by atoms with Gasteiger partial charge in [0.15, 0.2) is 5.96 Å². The number of nitrogens with zero attached hydrogens (tertiary/aromatic N) is 4. The molecule has 0 aliphatic rings. The molecular formula is C10H8N6S. The van der Waals surface area contributed by atoms with Crippen molar-refractivity contribution in [3.05, 3.63) is 29.3 Å². The topological polar surface area (TPSA) is 114 Å². The van der Waals surface area contributed by atoms with Gasteiger partial charge in [-0.15, -0.1) is 11.3 Å². The molecule has 0 radical (unpaired) electrons. The van der Waals surface area contributed by atoms with E-state index in [0.717, 1.165) is 0 Å². The average molecular weight is 244 g/mol. The molecule has 84 valence electrons. The Kier molecular flexibility index (Phi) is 2.98. The maximum Gasteiger partial charge on any atom is 0.212 e. The molecule has 0 saturated heterocycles. The highest BCUT2D eigenvalue weighted by Crippen LogP contribution is 2.25. The minimum Gasteiger partial charge on any atom is -0.370 e. The maximum atomic E-state index is 8.75. The summed E-state index contributed by atoms with van der Waals surface area (Å²) >= 11 is 1.30. The van der Waals surface area contributed by atoms with Crippen LogP contribution in [0.2, 0.25) is 0 Å². The van der Waals surface area contributed by atoms with Crippen LogP contribution in [0.5, 0.6) is 0 Å². The molecule has 0 aliphatic heterocycles. The SMILES string of the molecule is N#Cc1cccc(-c2csc(N=C(N)N)n2)n1. The second-order valence-electron chi connectivity index (χ2n) is 3.07. The van der Waals surface area contributed by atoms with Gasteiger partial charge in [-0.25, -0.2) is 9.97 Å². The molecule has 2 aromatic rings. The molecule has 7 heteroatoms. The number of pyridine rings is 1. The quantitative estimate of drug-likeness (QED) is 0.603. The minimum atomic E-state index is -0.0374. The van der Waals surface area contributed by atoms with Crippen LogP contribution in [0.15, 0.2) is 28.6 Å². The van der Waals surface area contributed by atoms with Crippen molar-refractivity contribution in [2.75, 3.05) is 0 Å². The zero-order chi connectivity index (χ0) is 12.3. The number of thiazole rings is 1. The number of aliphatic imine (C=N–C) groups is 1. The van der Waals surface area contributed by atoms with Crippen molar-refractivity contribution in [3.63, 3.8) is 0 Å². The fourth-order valence-corrected chi connectivity index (χ4v) is 1.88. The zero-order valence-corrected chi connectivity index (χ0v) is 9.48. The Labute approximate surface area is 101 Å². The first-order valence-electron chi connectivity index (χ1n) is 4.62. The molecular weight excluding hydrogens is 236 g/mol. The van der Waals surface area contributed by atoms with E-state index in [9.17, 15) is 0 Å². The minimum absolute atomic E-state index is 0.0374. The second-order valence-corrected chi connectivity index (χ2v) is 3.91. The summed E-state index contributed by atoms with van der Waals surface area (Å²) in [5, 5.41) is 11.0. The van der Waals surface area contributed by atoms with Crippen molar-refractivity contribution >= 4 is 22.4 Å². The van der Waals surface area contributed by atoms with E-state index in [4.69, 9.17) is 16.7 Å². The van der Waals surface area contributed by atoms with E-state index >= 15 is 0 Å². The Morgan fingerprint density at radius 1 is 1.29 bits per heavy atom. The maximum absolute atomic E-state index is 8.75. The molecule has 0 aromatic carbocycles. The van der Waals surface area contributed by atoms with Gasteiger partial charge in [0.05, 0.1) is 5.69 Å². The number of hydrogen-bond acceptors (Lipinski definition) is 5. The summed E-state index contributed by atoms with van der Waals surface area (Å²) in [6, 6.07) is 7.13. The van der Waals surface area contributed by atoms with Crippen LogP contribution in [0.3, 0.4) is 0 Å². The van der Waals surface area contributed by atoms with Crippen molar-refractivity contribution in [2.45, 2.75) is 0 Å². The van der Waals surface area contributed by atoms with E-state index in [1.165, 1.54) is 11.3 Å². The molecule has 2 aromatic heterocycles. The largest absolute Gasteiger partial charge is 0.370 e. The summed E-state index contributed by atoms with van der Waals surface area (Å²) < 4.78 is 0. The summed E-state index contributed by atoms with van der Waals surface area (Å²) in [7, 11) is 0. The standard InChI is InChI=1S/C10H8N6S/c11-4-6-2-1-3-7(14-6)8-5-17-10(15-8)16-9(12)13/h1-3,5H,(H4,12,13,15,16). The van der Waals surface area contributed by atoms with Crippen molar-refractivity contribution in [1.82, 2.24) is 9.97 Å². The van der Waals surface area contributed by atoms with Gasteiger partial charge in [-0.3, -0.25) is 0 Å². The first-order chi connectivity index (χ1) is 8.19. The molecule has 0 aliphatic carbocycles. The number of aromatic nitrogens is 2. The van der Waals surface area contributed by atoms with Gasteiger partial charge in [-0.05, 0) is 12.1 Å². The second kappa shape index (κ2) is 4.59. The fourth-order valence-electron chi connectivity index (χ4n) is 1.18. The lowest BCUT2D eigenvalue weighted by atomic mass is 10.2. The Hall–Kier alpha value is -2.46. The third kappa shape index (κ3) is 2.56. The highest BCUT2D eigenvalue weighted by molar-refractivity contribution is 7.13. The summed E-state index contributed by atoms with van der Waals surface area (Å²) in [4.78, 5) is 12.2.